The monoisotopic (exact) mass is 500 g/mol. The molecule has 1 fully saturated rings. The number of methoxy groups -OCH3 is 1. The largest absolute Gasteiger partial charge is 0.497 e. The van der Waals surface area contributed by atoms with Crippen molar-refractivity contribution in [3.05, 3.63) is 83.8 Å². The second kappa shape index (κ2) is 11.4. The van der Waals surface area contributed by atoms with Gasteiger partial charge in [-0.05, 0) is 61.7 Å². The number of rotatable bonds is 9. The topological polar surface area (TPSA) is 98.3 Å². The van der Waals surface area contributed by atoms with Gasteiger partial charge in [0.25, 0.3) is 0 Å². The minimum Gasteiger partial charge on any atom is -0.497 e. The number of ether oxygens (including phenoxy) is 1. The SMILES string of the molecule is COc1ccc(-c2noc(CN3CCCC(C(=O)NCc4ccc(Cn5ccnc5C)cc4)C3)n2)cc1. The van der Waals surface area contributed by atoms with Crippen LogP contribution in [0.5, 0.6) is 5.75 Å². The molecule has 1 unspecified atom stereocenters. The lowest BCUT2D eigenvalue weighted by Crippen LogP contribution is -2.42. The first-order valence-electron chi connectivity index (χ1n) is 12.6. The molecule has 9 heteroatoms. The van der Waals surface area contributed by atoms with Gasteiger partial charge in [-0.25, -0.2) is 4.98 Å². The van der Waals surface area contributed by atoms with Crippen molar-refractivity contribution in [2.75, 3.05) is 20.2 Å². The molecule has 37 heavy (non-hydrogen) atoms. The van der Waals surface area contributed by atoms with E-state index in [0.717, 1.165) is 48.6 Å². The lowest BCUT2D eigenvalue weighted by molar-refractivity contribution is -0.127. The van der Waals surface area contributed by atoms with Crippen molar-refractivity contribution in [3.8, 4) is 17.1 Å². The van der Waals surface area contributed by atoms with E-state index in [1.54, 1.807) is 7.11 Å². The first-order valence-corrected chi connectivity index (χ1v) is 12.6. The molecule has 4 aromatic rings. The van der Waals surface area contributed by atoms with Crippen molar-refractivity contribution in [2.45, 2.75) is 39.4 Å². The zero-order valence-electron chi connectivity index (χ0n) is 21.3. The number of nitrogens with zero attached hydrogens (tertiary/aromatic N) is 5. The number of hydrogen-bond acceptors (Lipinski definition) is 7. The van der Waals surface area contributed by atoms with E-state index in [1.807, 2.05) is 43.6 Å². The van der Waals surface area contributed by atoms with Crippen LogP contribution in [0, 0.1) is 12.8 Å². The molecule has 0 bridgehead atoms. The number of amides is 1. The van der Waals surface area contributed by atoms with Gasteiger partial charge in [-0.2, -0.15) is 4.98 Å². The summed E-state index contributed by atoms with van der Waals surface area (Å²) in [7, 11) is 1.64. The molecule has 3 heterocycles. The molecule has 1 atom stereocenters. The van der Waals surface area contributed by atoms with Crippen LogP contribution in [0.15, 0.2) is 65.4 Å². The highest BCUT2D eigenvalue weighted by atomic mass is 16.5. The minimum atomic E-state index is -0.0544. The molecule has 0 radical (unpaired) electrons. The predicted octanol–water partition coefficient (Wildman–Crippen LogP) is 3.83. The van der Waals surface area contributed by atoms with Crippen LogP contribution in [0.3, 0.4) is 0 Å². The number of piperidine rings is 1. The van der Waals surface area contributed by atoms with Crippen molar-refractivity contribution in [1.29, 1.82) is 0 Å². The smallest absolute Gasteiger partial charge is 0.241 e. The quantitative estimate of drug-likeness (QED) is 0.373. The molecular weight excluding hydrogens is 468 g/mol. The molecule has 1 N–H and O–H groups in total. The van der Waals surface area contributed by atoms with Crippen molar-refractivity contribution < 1.29 is 14.1 Å². The molecule has 1 saturated heterocycles. The number of hydrogen-bond donors (Lipinski definition) is 1. The van der Waals surface area contributed by atoms with Gasteiger partial charge in [-0.15, -0.1) is 0 Å². The van der Waals surface area contributed by atoms with Crippen LogP contribution in [0.2, 0.25) is 0 Å². The zero-order valence-corrected chi connectivity index (χ0v) is 21.3. The van der Waals surface area contributed by atoms with Gasteiger partial charge in [0.2, 0.25) is 17.6 Å². The normalized spacial score (nSPS) is 16.0. The summed E-state index contributed by atoms with van der Waals surface area (Å²) in [4.78, 5) is 23.9. The number of carbonyl (C=O) groups is 1. The molecule has 192 valence electrons. The Morgan fingerprint density at radius 1 is 1.11 bits per heavy atom. The molecule has 2 aromatic carbocycles. The molecule has 0 saturated carbocycles. The fourth-order valence-electron chi connectivity index (χ4n) is 4.64. The lowest BCUT2D eigenvalue weighted by Gasteiger charge is -2.30. The standard InChI is InChI=1S/C28H32N6O3/c1-20-29-13-15-34(20)17-22-7-5-21(6-8-22)16-30-28(35)24-4-3-14-33(18-24)19-26-31-27(32-37-26)23-9-11-25(36-2)12-10-23/h5-13,15,24H,3-4,14,16-19H2,1-2H3,(H,30,35). The molecule has 5 rings (SSSR count). The third-order valence-electron chi connectivity index (χ3n) is 6.82. The highest BCUT2D eigenvalue weighted by Crippen LogP contribution is 2.22. The summed E-state index contributed by atoms with van der Waals surface area (Å²) in [6.45, 7) is 5.42. The summed E-state index contributed by atoms with van der Waals surface area (Å²) in [5, 5.41) is 7.24. The van der Waals surface area contributed by atoms with Gasteiger partial charge in [0, 0.05) is 37.6 Å². The maximum Gasteiger partial charge on any atom is 0.241 e. The van der Waals surface area contributed by atoms with Gasteiger partial charge >= 0.3 is 0 Å². The number of likely N-dealkylation sites (tertiary alicyclic amines) is 1. The summed E-state index contributed by atoms with van der Waals surface area (Å²) < 4.78 is 12.8. The van der Waals surface area contributed by atoms with Gasteiger partial charge in [-0.3, -0.25) is 9.69 Å². The van der Waals surface area contributed by atoms with Crippen LogP contribution in [0.1, 0.15) is 35.7 Å². The van der Waals surface area contributed by atoms with Gasteiger partial charge in [0.15, 0.2) is 0 Å². The number of aromatic nitrogens is 4. The van der Waals surface area contributed by atoms with Crippen LogP contribution in [0.25, 0.3) is 11.4 Å². The Balaban J connectivity index is 1.10. The van der Waals surface area contributed by atoms with Gasteiger partial charge in [0.1, 0.15) is 11.6 Å². The molecular formula is C28H32N6O3. The Morgan fingerprint density at radius 3 is 2.62 bits per heavy atom. The van der Waals surface area contributed by atoms with E-state index in [-0.39, 0.29) is 11.8 Å². The number of nitrogens with one attached hydrogen (secondary N) is 1. The van der Waals surface area contributed by atoms with Gasteiger partial charge in [-0.1, -0.05) is 29.4 Å². The third-order valence-corrected chi connectivity index (χ3v) is 6.82. The summed E-state index contributed by atoms with van der Waals surface area (Å²) in [6, 6.07) is 15.9. The van der Waals surface area contributed by atoms with Crippen LogP contribution >= 0.6 is 0 Å². The Morgan fingerprint density at radius 2 is 1.89 bits per heavy atom. The van der Waals surface area contributed by atoms with Crippen molar-refractivity contribution in [1.82, 2.24) is 29.9 Å². The molecule has 1 aliphatic rings. The Hall–Kier alpha value is -3.98. The minimum absolute atomic E-state index is 0.0544. The van der Waals surface area contributed by atoms with Crippen LogP contribution in [-0.2, 0) is 24.4 Å². The Labute approximate surface area is 216 Å². The molecule has 0 spiro atoms. The molecule has 2 aromatic heterocycles. The van der Waals surface area contributed by atoms with E-state index in [1.165, 1.54) is 5.56 Å². The second-order valence-electron chi connectivity index (χ2n) is 9.45. The maximum atomic E-state index is 12.9. The number of benzene rings is 2. The molecule has 9 nitrogen and oxygen atoms in total. The van der Waals surface area contributed by atoms with Gasteiger partial charge in [0.05, 0.1) is 19.6 Å². The van der Waals surface area contributed by atoms with E-state index >= 15 is 0 Å². The molecule has 1 amide bonds. The van der Waals surface area contributed by atoms with E-state index < -0.39 is 0 Å². The highest BCUT2D eigenvalue weighted by Gasteiger charge is 2.26. The van der Waals surface area contributed by atoms with E-state index in [9.17, 15) is 4.79 Å². The number of carbonyl (C=O) groups excluding carboxylic acids is 1. The Bertz CT molecular complexity index is 1310. The van der Waals surface area contributed by atoms with Crippen molar-refractivity contribution >= 4 is 5.91 Å². The van der Waals surface area contributed by atoms with Crippen LogP contribution in [0.4, 0.5) is 0 Å². The van der Waals surface area contributed by atoms with Crippen LogP contribution in [-0.4, -0.2) is 50.7 Å². The lowest BCUT2D eigenvalue weighted by atomic mass is 9.97. The summed E-state index contributed by atoms with van der Waals surface area (Å²) >= 11 is 0. The average Bonchev–Trinajstić information content (AvgIpc) is 3.57. The van der Waals surface area contributed by atoms with Gasteiger partial charge < -0.3 is 19.1 Å². The highest BCUT2D eigenvalue weighted by molar-refractivity contribution is 5.79. The zero-order chi connectivity index (χ0) is 25.6. The van der Waals surface area contributed by atoms with Crippen molar-refractivity contribution in [2.24, 2.45) is 5.92 Å². The number of aryl methyl sites for hydroxylation is 1. The molecule has 0 aliphatic carbocycles. The number of imidazole rings is 1. The summed E-state index contributed by atoms with van der Waals surface area (Å²) in [5.41, 5.74) is 3.16. The summed E-state index contributed by atoms with van der Waals surface area (Å²) in [6.07, 6.45) is 5.63. The third kappa shape index (κ3) is 6.24. The van der Waals surface area contributed by atoms with Crippen LogP contribution < -0.4 is 10.1 Å². The van der Waals surface area contributed by atoms with Crippen molar-refractivity contribution in [3.63, 3.8) is 0 Å². The fraction of sp³-hybridized carbons (Fsp3) is 0.357. The van der Waals surface area contributed by atoms with E-state index in [4.69, 9.17) is 9.26 Å². The first kappa shape index (κ1) is 24.7. The Kier molecular flexibility index (Phi) is 7.60. The maximum absolute atomic E-state index is 12.9. The second-order valence-corrected chi connectivity index (χ2v) is 9.45. The van der Waals surface area contributed by atoms with E-state index in [2.05, 4.69) is 54.2 Å². The first-order chi connectivity index (χ1) is 18.1. The summed E-state index contributed by atoms with van der Waals surface area (Å²) in [5.74, 6) is 2.92. The fourth-order valence-corrected chi connectivity index (χ4v) is 4.64. The molecule has 1 aliphatic heterocycles. The van der Waals surface area contributed by atoms with E-state index in [0.29, 0.717) is 31.3 Å². The average molecular weight is 501 g/mol. The predicted molar refractivity (Wildman–Crippen MR) is 139 cm³/mol.